The topological polar surface area (TPSA) is 42.0 Å². The van der Waals surface area contributed by atoms with E-state index in [0.29, 0.717) is 5.56 Å². The van der Waals surface area contributed by atoms with Crippen molar-refractivity contribution >= 4 is 27.5 Å². The molecule has 0 fully saturated rings. The number of halogens is 1. The van der Waals surface area contributed by atoms with Crippen LogP contribution < -0.4 is 5.32 Å². The van der Waals surface area contributed by atoms with E-state index in [-0.39, 0.29) is 5.91 Å². The van der Waals surface area contributed by atoms with Gasteiger partial charge in [-0.15, -0.1) is 0 Å². The minimum atomic E-state index is -0.142. The highest BCUT2D eigenvalue weighted by Gasteiger charge is 2.12. The highest BCUT2D eigenvalue weighted by Crippen LogP contribution is 2.26. The molecule has 0 aliphatic carbocycles. The number of rotatable bonds is 2. The van der Waals surface area contributed by atoms with Crippen molar-refractivity contribution in [2.24, 2.45) is 0 Å². The molecule has 1 amide bonds. The first-order valence-corrected chi connectivity index (χ1v) is 6.79. The summed E-state index contributed by atoms with van der Waals surface area (Å²) in [6.45, 7) is 5.73. The molecule has 0 aliphatic rings. The lowest BCUT2D eigenvalue weighted by atomic mass is 10.1. The molecule has 0 aliphatic heterocycles. The van der Waals surface area contributed by atoms with Gasteiger partial charge in [0.25, 0.3) is 5.91 Å². The maximum Gasteiger partial charge on any atom is 0.257 e. The molecule has 1 aromatic heterocycles. The minimum absolute atomic E-state index is 0.142. The van der Waals surface area contributed by atoms with E-state index in [9.17, 15) is 4.79 Å². The van der Waals surface area contributed by atoms with Crippen LogP contribution in [-0.2, 0) is 0 Å². The third-order valence-electron chi connectivity index (χ3n) is 2.91. The zero-order chi connectivity index (χ0) is 14.0. The van der Waals surface area contributed by atoms with Crippen LogP contribution >= 0.6 is 15.9 Å². The monoisotopic (exact) mass is 318 g/mol. The van der Waals surface area contributed by atoms with Crippen LogP contribution in [0.15, 0.2) is 34.8 Å². The molecule has 2 aromatic rings. The maximum absolute atomic E-state index is 12.2. The predicted molar refractivity (Wildman–Crippen MR) is 80.5 cm³/mol. The van der Waals surface area contributed by atoms with Crippen LogP contribution in [0, 0.1) is 20.8 Å². The van der Waals surface area contributed by atoms with Crippen molar-refractivity contribution < 1.29 is 4.79 Å². The maximum atomic E-state index is 12.2. The summed E-state index contributed by atoms with van der Waals surface area (Å²) in [6.07, 6.45) is 0. The molecular weight excluding hydrogens is 304 g/mol. The number of hydrogen-bond donors (Lipinski definition) is 1. The summed E-state index contributed by atoms with van der Waals surface area (Å²) < 4.78 is 0.904. The van der Waals surface area contributed by atoms with Crippen LogP contribution in [0.3, 0.4) is 0 Å². The zero-order valence-electron chi connectivity index (χ0n) is 11.1. The molecule has 0 unspecified atom stereocenters. The number of aromatic nitrogens is 1. The second kappa shape index (κ2) is 5.53. The van der Waals surface area contributed by atoms with Crippen molar-refractivity contribution in [2.75, 3.05) is 5.32 Å². The van der Waals surface area contributed by atoms with Crippen molar-refractivity contribution in [2.45, 2.75) is 20.8 Å². The Labute approximate surface area is 121 Å². The highest BCUT2D eigenvalue weighted by molar-refractivity contribution is 9.10. The fraction of sp³-hybridized carbons (Fsp3) is 0.200. The Bertz CT molecular complexity index is 638. The van der Waals surface area contributed by atoms with Gasteiger partial charge in [-0.25, -0.2) is 0 Å². The predicted octanol–water partition coefficient (Wildman–Crippen LogP) is 4.02. The first-order valence-electron chi connectivity index (χ1n) is 6.00. The Hall–Kier alpha value is -1.68. The van der Waals surface area contributed by atoms with E-state index in [4.69, 9.17) is 0 Å². The molecule has 1 N–H and O–H groups in total. The van der Waals surface area contributed by atoms with Gasteiger partial charge in [0.05, 0.1) is 16.9 Å². The Kier molecular flexibility index (Phi) is 4.00. The van der Waals surface area contributed by atoms with E-state index in [1.54, 1.807) is 6.07 Å². The molecule has 3 nitrogen and oxygen atoms in total. The van der Waals surface area contributed by atoms with Crippen LogP contribution in [-0.4, -0.2) is 10.9 Å². The first-order chi connectivity index (χ1) is 8.99. The lowest BCUT2D eigenvalue weighted by Crippen LogP contribution is -2.14. The third kappa shape index (κ3) is 3.01. The van der Waals surface area contributed by atoms with Gasteiger partial charge in [0, 0.05) is 10.2 Å². The molecule has 1 heterocycles. The highest BCUT2D eigenvalue weighted by atomic mass is 79.9. The number of benzene rings is 1. The average Bonchev–Trinajstić information content (AvgIpc) is 2.34. The van der Waals surface area contributed by atoms with Crippen LogP contribution in [0.1, 0.15) is 27.3 Å². The number of carbonyl (C=O) groups excluding carboxylic acids is 1. The lowest BCUT2D eigenvalue weighted by molar-refractivity contribution is 0.102. The Balaban J connectivity index is 2.28. The summed E-state index contributed by atoms with van der Waals surface area (Å²) in [7, 11) is 0. The first kappa shape index (κ1) is 13.7. The van der Waals surface area contributed by atoms with Crippen LogP contribution in [0.5, 0.6) is 0 Å². The number of nitrogens with one attached hydrogen (secondary N) is 1. The van der Waals surface area contributed by atoms with E-state index in [1.165, 1.54) is 0 Å². The third-order valence-corrected chi connectivity index (χ3v) is 3.96. The number of hydrogen-bond acceptors (Lipinski definition) is 2. The molecule has 0 saturated heterocycles. The van der Waals surface area contributed by atoms with Crippen molar-refractivity contribution in [1.29, 1.82) is 0 Å². The quantitative estimate of drug-likeness (QED) is 0.908. The summed E-state index contributed by atoms with van der Waals surface area (Å²) in [4.78, 5) is 16.5. The molecule has 1 aromatic carbocycles. The van der Waals surface area contributed by atoms with Crippen molar-refractivity contribution in [1.82, 2.24) is 4.98 Å². The fourth-order valence-electron chi connectivity index (χ4n) is 1.86. The van der Waals surface area contributed by atoms with Crippen molar-refractivity contribution in [3.05, 3.63) is 57.3 Å². The smallest absolute Gasteiger partial charge is 0.257 e. The number of carbonyl (C=O) groups is 1. The normalized spacial score (nSPS) is 10.3. The fourth-order valence-corrected chi connectivity index (χ4v) is 2.22. The van der Waals surface area contributed by atoms with E-state index in [1.807, 2.05) is 45.0 Å². The zero-order valence-corrected chi connectivity index (χ0v) is 12.7. The summed E-state index contributed by atoms with van der Waals surface area (Å²) in [5.74, 6) is -0.142. The Morgan fingerprint density at radius 1 is 1.16 bits per heavy atom. The minimum Gasteiger partial charge on any atom is -0.321 e. The molecule has 0 saturated carbocycles. The van der Waals surface area contributed by atoms with E-state index < -0.39 is 0 Å². The van der Waals surface area contributed by atoms with Gasteiger partial charge in [-0.1, -0.05) is 12.1 Å². The van der Waals surface area contributed by atoms with Gasteiger partial charge in [-0.3, -0.25) is 9.78 Å². The van der Waals surface area contributed by atoms with Crippen molar-refractivity contribution in [3.63, 3.8) is 0 Å². The summed E-state index contributed by atoms with van der Waals surface area (Å²) in [6, 6.07) is 9.41. The molecule has 98 valence electrons. The van der Waals surface area contributed by atoms with Gasteiger partial charge >= 0.3 is 0 Å². The van der Waals surface area contributed by atoms with Gasteiger partial charge in [0.15, 0.2) is 0 Å². The molecule has 0 radical (unpaired) electrons. The van der Waals surface area contributed by atoms with E-state index in [2.05, 4.69) is 26.2 Å². The summed E-state index contributed by atoms with van der Waals surface area (Å²) >= 11 is 3.48. The molecule has 2 rings (SSSR count). The van der Waals surface area contributed by atoms with Gasteiger partial charge < -0.3 is 5.32 Å². The summed E-state index contributed by atoms with van der Waals surface area (Å²) in [5, 5.41) is 2.90. The van der Waals surface area contributed by atoms with Crippen LogP contribution in [0.4, 0.5) is 5.69 Å². The Morgan fingerprint density at radius 3 is 2.58 bits per heavy atom. The van der Waals surface area contributed by atoms with Gasteiger partial charge in [0.1, 0.15) is 0 Å². The molecule has 0 spiro atoms. The van der Waals surface area contributed by atoms with Gasteiger partial charge in [-0.2, -0.15) is 0 Å². The number of amides is 1. The van der Waals surface area contributed by atoms with Gasteiger partial charge in [-0.05, 0) is 60.5 Å². The van der Waals surface area contributed by atoms with Gasteiger partial charge in [0.2, 0.25) is 0 Å². The van der Waals surface area contributed by atoms with Crippen molar-refractivity contribution in [3.8, 4) is 0 Å². The lowest BCUT2D eigenvalue weighted by Gasteiger charge is -2.10. The molecule has 19 heavy (non-hydrogen) atoms. The average molecular weight is 319 g/mol. The SMILES string of the molecule is Cc1ccc(C(=O)Nc2cccc(C)c2Br)c(C)n1. The number of pyridine rings is 1. The number of nitrogens with zero attached hydrogens (tertiary/aromatic N) is 1. The van der Waals surface area contributed by atoms with E-state index >= 15 is 0 Å². The molecule has 4 heteroatoms. The summed E-state index contributed by atoms with van der Waals surface area (Å²) in [5.41, 5.74) is 4.09. The molecule has 0 bridgehead atoms. The number of anilines is 1. The van der Waals surface area contributed by atoms with Crippen LogP contribution in [0.2, 0.25) is 0 Å². The van der Waals surface area contributed by atoms with Crippen LogP contribution in [0.25, 0.3) is 0 Å². The van der Waals surface area contributed by atoms with E-state index in [0.717, 1.165) is 27.1 Å². The number of aryl methyl sites for hydroxylation is 3. The second-order valence-corrected chi connectivity index (χ2v) is 5.27. The molecule has 0 atom stereocenters. The largest absolute Gasteiger partial charge is 0.321 e. The standard InChI is InChI=1S/C15H15BrN2O/c1-9-5-4-6-13(14(9)16)18-15(19)12-8-7-10(2)17-11(12)3/h4-8H,1-3H3,(H,18,19). The second-order valence-electron chi connectivity index (χ2n) is 4.48. The molecular formula is C15H15BrN2O. The Morgan fingerprint density at radius 2 is 1.89 bits per heavy atom.